The van der Waals surface area contributed by atoms with E-state index in [9.17, 15) is 4.79 Å². The molecule has 1 aromatic heterocycles. The van der Waals surface area contributed by atoms with Crippen molar-refractivity contribution in [2.45, 2.75) is 19.8 Å². The number of ether oxygens (including phenoxy) is 1. The molecule has 0 saturated carbocycles. The van der Waals surface area contributed by atoms with Crippen LogP contribution in [0.25, 0.3) is 11.4 Å². The van der Waals surface area contributed by atoms with Gasteiger partial charge in [0, 0.05) is 38.4 Å². The van der Waals surface area contributed by atoms with E-state index in [0.717, 1.165) is 31.5 Å². The molecule has 0 bridgehead atoms. The number of carbonyl (C=O) groups is 1. The van der Waals surface area contributed by atoms with Gasteiger partial charge in [0.1, 0.15) is 11.5 Å². The highest BCUT2D eigenvalue weighted by Gasteiger charge is 2.23. The Kier molecular flexibility index (Phi) is 6.17. The van der Waals surface area contributed by atoms with Crippen molar-refractivity contribution in [1.29, 1.82) is 0 Å². The number of hydrogen-bond acceptors (Lipinski definition) is 5. The molecule has 1 fully saturated rings. The number of carbonyl (C=O) groups excluding carboxylic acids is 1. The smallest absolute Gasteiger partial charge is 0.272 e. The average Bonchev–Trinajstić information content (AvgIpc) is 2.69. The van der Waals surface area contributed by atoms with Gasteiger partial charge in [-0.2, -0.15) is 0 Å². The number of nitrogens with zero attached hydrogens (tertiary/aromatic N) is 3. The van der Waals surface area contributed by atoms with Gasteiger partial charge in [0.2, 0.25) is 0 Å². The topological polar surface area (TPSA) is 67.3 Å². The number of rotatable bonds is 6. The number of benzene rings is 1. The molecule has 2 heterocycles. The van der Waals surface area contributed by atoms with E-state index in [1.165, 1.54) is 0 Å². The van der Waals surface area contributed by atoms with Crippen LogP contribution in [0, 0.1) is 5.92 Å². The number of methoxy groups -OCH3 is 1. The van der Waals surface area contributed by atoms with Gasteiger partial charge in [-0.25, -0.2) is 9.97 Å². The summed E-state index contributed by atoms with van der Waals surface area (Å²) < 4.78 is 5.08. The maximum absolute atomic E-state index is 13.0. The van der Waals surface area contributed by atoms with Crippen molar-refractivity contribution in [3.05, 3.63) is 42.1 Å². The monoisotopic (exact) mass is 354 g/mol. The standard InChI is InChI=1S/C20H26N4O2/c1-15-8-11-24(12-9-15)20(25)17-14-18(21-10-13-26-2)23-19(22-17)16-6-4-3-5-7-16/h3-7,14-15H,8-13H2,1-2H3,(H,21,22,23). The molecule has 1 saturated heterocycles. The van der Waals surface area contributed by atoms with E-state index in [1.54, 1.807) is 13.2 Å². The third-order valence-corrected chi connectivity index (χ3v) is 4.66. The first-order chi connectivity index (χ1) is 12.7. The van der Waals surface area contributed by atoms with Gasteiger partial charge >= 0.3 is 0 Å². The maximum atomic E-state index is 13.0. The molecule has 1 aliphatic heterocycles. The Hall–Kier alpha value is -2.47. The molecular formula is C20H26N4O2. The van der Waals surface area contributed by atoms with Gasteiger partial charge in [-0.3, -0.25) is 4.79 Å². The molecule has 0 radical (unpaired) electrons. The van der Waals surface area contributed by atoms with E-state index in [4.69, 9.17) is 4.74 Å². The number of hydrogen-bond donors (Lipinski definition) is 1. The maximum Gasteiger partial charge on any atom is 0.272 e. The molecule has 6 heteroatoms. The van der Waals surface area contributed by atoms with E-state index in [0.29, 0.717) is 36.4 Å². The van der Waals surface area contributed by atoms with E-state index in [1.807, 2.05) is 35.2 Å². The third kappa shape index (κ3) is 4.58. The summed E-state index contributed by atoms with van der Waals surface area (Å²) in [6.07, 6.45) is 2.09. The molecule has 2 aromatic rings. The van der Waals surface area contributed by atoms with Crippen LogP contribution in [0.5, 0.6) is 0 Å². The highest BCUT2D eigenvalue weighted by atomic mass is 16.5. The predicted octanol–water partition coefficient (Wildman–Crippen LogP) is 3.07. The number of amides is 1. The van der Waals surface area contributed by atoms with Crippen molar-refractivity contribution >= 4 is 11.7 Å². The Bertz CT molecular complexity index is 728. The normalized spacial score (nSPS) is 15.1. The lowest BCUT2D eigenvalue weighted by Gasteiger charge is -2.30. The van der Waals surface area contributed by atoms with Gasteiger partial charge in [0.25, 0.3) is 5.91 Å². The fraction of sp³-hybridized carbons (Fsp3) is 0.450. The molecule has 1 aliphatic rings. The molecule has 3 rings (SSSR count). The number of likely N-dealkylation sites (tertiary alicyclic amines) is 1. The van der Waals surface area contributed by atoms with Gasteiger partial charge in [-0.05, 0) is 18.8 Å². The highest BCUT2D eigenvalue weighted by molar-refractivity contribution is 5.93. The molecule has 0 atom stereocenters. The second kappa shape index (κ2) is 8.76. The Balaban J connectivity index is 1.87. The minimum atomic E-state index is -0.0220. The molecule has 1 amide bonds. The van der Waals surface area contributed by atoms with Gasteiger partial charge in [-0.1, -0.05) is 37.3 Å². The number of nitrogens with one attached hydrogen (secondary N) is 1. The zero-order valence-corrected chi connectivity index (χ0v) is 15.4. The zero-order valence-electron chi connectivity index (χ0n) is 15.4. The Morgan fingerprint density at radius 2 is 1.96 bits per heavy atom. The van der Waals surface area contributed by atoms with Crippen LogP contribution in [0.1, 0.15) is 30.3 Å². The molecule has 0 spiro atoms. The second-order valence-electron chi connectivity index (χ2n) is 6.72. The second-order valence-corrected chi connectivity index (χ2v) is 6.72. The van der Waals surface area contributed by atoms with E-state index < -0.39 is 0 Å². The summed E-state index contributed by atoms with van der Waals surface area (Å²) in [7, 11) is 1.66. The summed E-state index contributed by atoms with van der Waals surface area (Å²) in [5.74, 6) is 1.85. The van der Waals surface area contributed by atoms with Gasteiger partial charge in [0.05, 0.1) is 6.61 Å². The van der Waals surface area contributed by atoms with Gasteiger partial charge < -0.3 is 15.0 Å². The molecule has 26 heavy (non-hydrogen) atoms. The van der Waals surface area contributed by atoms with Crippen molar-refractivity contribution in [1.82, 2.24) is 14.9 Å². The fourth-order valence-electron chi connectivity index (χ4n) is 3.02. The summed E-state index contributed by atoms with van der Waals surface area (Å²) in [5, 5.41) is 3.21. The lowest BCUT2D eigenvalue weighted by atomic mass is 9.99. The summed E-state index contributed by atoms with van der Waals surface area (Å²) in [4.78, 5) is 24.0. The number of piperidine rings is 1. The van der Waals surface area contributed by atoms with E-state index >= 15 is 0 Å². The van der Waals surface area contributed by atoms with Gasteiger partial charge in [-0.15, -0.1) is 0 Å². The summed E-state index contributed by atoms with van der Waals surface area (Å²) >= 11 is 0. The molecule has 1 aromatic carbocycles. The Labute approximate surface area is 154 Å². The van der Waals surface area contributed by atoms with Crippen LogP contribution >= 0.6 is 0 Å². The number of aromatic nitrogens is 2. The van der Waals surface area contributed by atoms with Crippen LogP contribution in [0.3, 0.4) is 0 Å². The average molecular weight is 354 g/mol. The molecule has 1 N–H and O–H groups in total. The van der Waals surface area contributed by atoms with Crippen molar-refractivity contribution < 1.29 is 9.53 Å². The third-order valence-electron chi connectivity index (χ3n) is 4.66. The first-order valence-electron chi connectivity index (χ1n) is 9.14. The summed E-state index contributed by atoms with van der Waals surface area (Å²) in [6, 6.07) is 11.5. The first-order valence-corrected chi connectivity index (χ1v) is 9.14. The summed E-state index contributed by atoms with van der Waals surface area (Å²) in [6.45, 7) is 5.00. The zero-order chi connectivity index (χ0) is 18.4. The van der Waals surface area contributed by atoms with Crippen LogP contribution < -0.4 is 5.32 Å². The largest absolute Gasteiger partial charge is 0.383 e. The predicted molar refractivity (Wildman–Crippen MR) is 102 cm³/mol. The minimum Gasteiger partial charge on any atom is -0.383 e. The number of anilines is 1. The SMILES string of the molecule is COCCNc1cc(C(=O)N2CCC(C)CC2)nc(-c2ccccc2)n1. The molecule has 138 valence electrons. The van der Waals surface area contributed by atoms with Crippen LogP contribution in [0.4, 0.5) is 5.82 Å². The van der Waals surface area contributed by atoms with Crippen molar-refractivity contribution in [3.63, 3.8) is 0 Å². The van der Waals surface area contributed by atoms with E-state index in [-0.39, 0.29) is 5.91 Å². The van der Waals surface area contributed by atoms with Crippen molar-refractivity contribution in [2.75, 3.05) is 38.7 Å². The van der Waals surface area contributed by atoms with Crippen LogP contribution in [0.2, 0.25) is 0 Å². The van der Waals surface area contributed by atoms with Crippen molar-refractivity contribution in [3.8, 4) is 11.4 Å². The molecule has 0 aliphatic carbocycles. The lowest BCUT2D eigenvalue weighted by molar-refractivity contribution is 0.0691. The summed E-state index contributed by atoms with van der Waals surface area (Å²) in [5.41, 5.74) is 1.33. The van der Waals surface area contributed by atoms with Gasteiger partial charge in [0.15, 0.2) is 5.82 Å². The molecule has 0 unspecified atom stereocenters. The minimum absolute atomic E-state index is 0.0220. The fourth-order valence-corrected chi connectivity index (χ4v) is 3.02. The van der Waals surface area contributed by atoms with Crippen LogP contribution in [-0.4, -0.2) is 54.1 Å². The quantitative estimate of drug-likeness (QED) is 0.808. The van der Waals surface area contributed by atoms with Crippen LogP contribution in [0.15, 0.2) is 36.4 Å². The first kappa shape index (κ1) is 18.3. The Morgan fingerprint density at radius 3 is 2.65 bits per heavy atom. The molecule has 6 nitrogen and oxygen atoms in total. The highest BCUT2D eigenvalue weighted by Crippen LogP contribution is 2.21. The Morgan fingerprint density at radius 1 is 1.23 bits per heavy atom. The van der Waals surface area contributed by atoms with Crippen molar-refractivity contribution in [2.24, 2.45) is 5.92 Å². The van der Waals surface area contributed by atoms with Crippen LogP contribution in [-0.2, 0) is 4.74 Å². The molecular weight excluding hydrogens is 328 g/mol. The van der Waals surface area contributed by atoms with E-state index in [2.05, 4.69) is 22.2 Å². The lowest BCUT2D eigenvalue weighted by Crippen LogP contribution is -2.38.